The van der Waals surface area contributed by atoms with Gasteiger partial charge < -0.3 is 9.52 Å². The average molecular weight is 223 g/mol. The minimum Gasteiger partial charge on any atom is -0.476 e. The van der Waals surface area contributed by atoms with Crippen molar-refractivity contribution >= 4 is 17.3 Å². The van der Waals surface area contributed by atoms with Crippen LogP contribution in [0, 0.1) is 0 Å². The number of thiophene rings is 1. The first-order chi connectivity index (χ1) is 7.20. The maximum Gasteiger partial charge on any atom is 0.357 e. The van der Waals surface area contributed by atoms with Crippen molar-refractivity contribution in [3.8, 4) is 10.8 Å². The number of hydrogen-bond acceptors (Lipinski definition) is 4. The van der Waals surface area contributed by atoms with Crippen LogP contribution in [-0.4, -0.2) is 16.1 Å². The molecule has 78 valence electrons. The Morgan fingerprint density at radius 2 is 2.40 bits per heavy atom. The van der Waals surface area contributed by atoms with E-state index in [1.807, 2.05) is 12.1 Å². The number of carboxylic acid groups (broad SMARTS) is 1. The molecule has 15 heavy (non-hydrogen) atoms. The van der Waals surface area contributed by atoms with Crippen LogP contribution >= 0.6 is 11.3 Å². The van der Waals surface area contributed by atoms with Gasteiger partial charge in [-0.2, -0.15) is 0 Å². The van der Waals surface area contributed by atoms with Crippen LogP contribution in [0.25, 0.3) is 10.8 Å². The van der Waals surface area contributed by atoms with Crippen LogP contribution in [0.4, 0.5) is 0 Å². The van der Waals surface area contributed by atoms with Crippen LogP contribution in [0.5, 0.6) is 0 Å². The van der Waals surface area contributed by atoms with Gasteiger partial charge in [0.15, 0.2) is 5.69 Å². The quantitative estimate of drug-likeness (QED) is 0.868. The third-order valence-corrected chi connectivity index (χ3v) is 3.16. The van der Waals surface area contributed by atoms with Gasteiger partial charge in [0.2, 0.25) is 5.89 Å². The van der Waals surface area contributed by atoms with Crippen LogP contribution in [0.3, 0.4) is 0 Å². The van der Waals surface area contributed by atoms with Gasteiger partial charge in [-0.25, -0.2) is 9.78 Å². The molecule has 0 saturated carbocycles. The van der Waals surface area contributed by atoms with Gasteiger partial charge in [-0.1, -0.05) is 6.92 Å². The average Bonchev–Trinajstić information content (AvgIpc) is 2.86. The number of nitrogens with zero attached hydrogens (tertiary/aromatic N) is 1. The zero-order valence-electron chi connectivity index (χ0n) is 8.06. The molecule has 2 heterocycles. The van der Waals surface area contributed by atoms with Crippen LogP contribution in [0.15, 0.2) is 22.8 Å². The number of aryl methyl sites for hydroxylation is 1. The van der Waals surface area contributed by atoms with E-state index in [0.29, 0.717) is 5.89 Å². The molecule has 0 amide bonds. The minimum absolute atomic E-state index is 0.0588. The number of aromatic nitrogens is 1. The standard InChI is InChI=1S/C10H9NO3S/c1-2-6-3-4-8(15-6)9-11-7(5-14-9)10(12)13/h3-5H,2H2,1H3,(H,12,13). The molecule has 1 N–H and O–H groups in total. The molecule has 0 aromatic carbocycles. The second-order valence-electron chi connectivity index (χ2n) is 2.96. The molecule has 2 aromatic rings. The van der Waals surface area contributed by atoms with Crippen molar-refractivity contribution in [1.82, 2.24) is 4.98 Å². The lowest BCUT2D eigenvalue weighted by Crippen LogP contribution is -1.95. The van der Waals surface area contributed by atoms with Gasteiger partial charge in [-0.3, -0.25) is 0 Å². The van der Waals surface area contributed by atoms with Gasteiger partial charge in [0.05, 0.1) is 4.88 Å². The molecule has 2 rings (SSSR count). The van der Waals surface area contributed by atoms with Gasteiger partial charge in [0, 0.05) is 4.88 Å². The maximum atomic E-state index is 10.6. The highest BCUT2D eigenvalue weighted by Gasteiger charge is 2.13. The Hall–Kier alpha value is -1.62. The van der Waals surface area contributed by atoms with E-state index in [1.165, 1.54) is 4.88 Å². The molecule has 5 heteroatoms. The van der Waals surface area contributed by atoms with Crippen LogP contribution < -0.4 is 0 Å². The Kier molecular flexibility index (Phi) is 2.55. The highest BCUT2D eigenvalue weighted by Crippen LogP contribution is 2.27. The van der Waals surface area contributed by atoms with E-state index >= 15 is 0 Å². The fourth-order valence-corrected chi connectivity index (χ4v) is 2.05. The summed E-state index contributed by atoms with van der Waals surface area (Å²) in [5, 5.41) is 8.68. The Bertz CT molecular complexity index is 486. The first kappa shape index (κ1) is 9.92. The molecule has 0 spiro atoms. The van der Waals surface area contributed by atoms with E-state index in [4.69, 9.17) is 9.52 Å². The molecule has 4 nitrogen and oxygen atoms in total. The second kappa shape index (κ2) is 3.86. The molecule has 0 aliphatic rings. The van der Waals surface area contributed by atoms with Crippen molar-refractivity contribution < 1.29 is 14.3 Å². The Morgan fingerprint density at radius 1 is 1.60 bits per heavy atom. The normalized spacial score (nSPS) is 10.5. The van der Waals surface area contributed by atoms with E-state index < -0.39 is 5.97 Å². The highest BCUT2D eigenvalue weighted by molar-refractivity contribution is 7.15. The molecule has 0 bridgehead atoms. The number of oxazole rings is 1. The van der Waals surface area contributed by atoms with E-state index in [0.717, 1.165) is 17.6 Å². The minimum atomic E-state index is -1.07. The highest BCUT2D eigenvalue weighted by atomic mass is 32.1. The van der Waals surface area contributed by atoms with Gasteiger partial charge in [0.1, 0.15) is 6.26 Å². The number of rotatable bonds is 3. The summed E-state index contributed by atoms with van der Waals surface area (Å²) in [6, 6.07) is 3.88. The topological polar surface area (TPSA) is 63.3 Å². The van der Waals surface area contributed by atoms with Crippen LogP contribution in [0.2, 0.25) is 0 Å². The van der Waals surface area contributed by atoms with E-state index in [2.05, 4.69) is 11.9 Å². The largest absolute Gasteiger partial charge is 0.476 e. The molecule has 0 atom stereocenters. The Morgan fingerprint density at radius 3 is 2.93 bits per heavy atom. The van der Waals surface area contributed by atoms with E-state index in [9.17, 15) is 4.79 Å². The van der Waals surface area contributed by atoms with Crippen molar-refractivity contribution in [1.29, 1.82) is 0 Å². The van der Waals surface area contributed by atoms with Crippen molar-refractivity contribution in [3.63, 3.8) is 0 Å². The molecule has 0 radical (unpaired) electrons. The summed E-state index contributed by atoms with van der Waals surface area (Å²) in [7, 11) is 0. The Labute approximate surface area is 90.2 Å². The van der Waals surface area contributed by atoms with Crippen LogP contribution in [0.1, 0.15) is 22.3 Å². The molecule has 0 aliphatic carbocycles. The predicted molar refractivity (Wildman–Crippen MR) is 56.2 cm³/mol. The van der Waals surface area contributed by atoms with E-state index in [1.54, 1.807) is 11.3 Å². The molecule has 0 saturated heterocycles. The zero-order valence-corrected chi connectivity index (χ0v) is 8.87. The predicted octanol–water partition coefficient (Wildman–Crippen LogP) is 2.66. The summed E-state index contributed by atoms with van der Waals surface area (Å²) in [5.74, 6) is -0.700. The number of hydrogen-bond donors (Lipinski definition) is 1. The summed E-state index contributed by atoms with van der Waals surface area (Å²) in [6.07, 6.45) is 2.11. The summed E-state index contributed by atoms with van der Waals surface area (Å²) < 4.78 is 5.09. The number of carbonyl (C=O) groups is 1. The first-order valence-electron chi connectivity index (χ1n) is 4.48. The molecular formula is C10H9NO3S. The van der Waals surface area contributed by atoms with Gasteiger partial charge in [-0.05, 0) is 18.6 Å². The van der Waals surface area contributed by atoms with Crippen molar-refractivity contribution in [2.45, 2.75) is 13.3 Å². The smallest absolute Gasteiger partial charge is 0.357 e. The lowest BCUT2D eigenvalue weighted by Gasteiger charge is -1.86. The number of aromatic carboxylic acids is 1. The van der Waals surface area contributed by atoms with Crippen molar-refractivity contribution in [3.05, 3.63) is 29.0 Å². The summed E-state index contributed by atoms with van der Waals surface area (Å²) >= 11 is 1.56. The zero-order chi connectivity index (χ0) is 10.8. The van der Waals surface area contributed by atoms with Crippen LogP contribution in [-0.2, 0) is 6.42 Å². The lowest BCUT2D eigenvalue weighted by atomic mass is 10.4. The summed E-state index contributed by atoms with van der Waals surface area (Å²) in [5.41, 5.74) is -0.0588. The molecule has 0 unspecified atom stereocenters. The lowest BCUT2D eigenvalue weighted by molar-refractivity contribution is 0.0690. The monoisotopic (exact) mass is 223 g/mol. The fraction of sp³-hybridized carbons (Fsp3) is 0.200. The summed E-state index contributed by atoms with van der Waals surface area (Å²) in [6.45, 7) is 2.06. The first-order valence-corrected chi connectivity index (χ1v) is 5.30. The molecular weight excluding hydrogens is 214 g/mol. The third kappa shape index (κ3) is 1.92. The number of carboxylic acids is 1. The SMILES string of the molecule is CCc1ccc(-c2nc(C(=O)O)co2)s1. The third-order valence-electron chi connectivity index (χ3n) is 1.94. The van der Waals surface area contributed by atoms with Crippen molar-refractivity contribution in [2.24, 2.45) is 0 Å². The molecule has 2 aromatic heterocycles. The summed E-state index contributed by atoms with van der Waals surface area (Å²) in [4.78, 5) is 16.5. The van der Waals surface area contributed by atoms with Crippen molar-refractivity contribution in [2.75, 3.05) is 0 Å². The van der Waals surface area contributed by atoms with Gasteiger partial charge >= 0.3 is 5.97 Å². The van der Waals surface area contributed by atoms with Gasteiger partial charge in [-0.15, -0.1) is 11.3 Å². The molecule has 0 aliphatic heterocycles. The van der Waals surface area contributed by atoms with Gasteiger partial charge in [0.25, 0.3) is 0 Å². The second-order valence-corrected chi connectivity index (χ2v) is 4.13. The fourth-order valence-electron chi connectivity index (χ4n) is 1.17. The Balaban J connectivity index is 2.32. The van der Waals surface area contributed by atoms with E-state index in [-0.39, 0.29) is 5.69 Å². The molecule has 0 fully saturated rings. The maximum absolute atomic E-state index is 10.6.